The number of carbonyl (C=O) groups is 1. The molecule has 0 aliphatic rings. The summed E-state index contributed by atoms with van der Waals surface area (Å²) in [5.41, 5.74) is 5.12. The van der Waals surface area contributed by atoms with Crippen LogP contribution < -0.4 is 14.9 Å². The Morgan fingerprint density at radius 1 is 1.19 bits per heavy atom. The summed E-state index contributed by atoms with van der Waals surface area (Å²) in [5, 5.41) is 4.75. The lowest BCUT2D eigenvalue weighted by atomic mass is 10.1. The highest BCUT2D eigenvalue weighted by molar-refractivity contribution is 7.17. The zero-order valence-corrected chi connectivity index (χ0v) is 18.7. The van der Waals surface area contributed by atoms with Crippen molar-refractivity contribution in [1.29, 1.82) is 0 Å². The molecule has 3 aromatic rings. The number of methoxy groups -OCH3 is 1. The smallest absolute Gasteiger partial charge is 0.350 e. The van der Waals surface area contributed by atoms with Crippen molar-refractivity contribution in [2.45, 2.75) is 26.9 Å². The summed E-state index contributed by atoms with van der Waals surface area (Å²) in [6, 6.07) is 15.1. The molecule has 1 N–H and O–H groups in total. The van der Waals surface area contributed by atoms with Crippen molar-refractivity contribution in [3.8, 4) is 22.8 Å². The molecule has 8 heteroatoms. The van der Waals surface area contributed by atoms with E-state index in [4.69, 9.17) is 14.2 Å². The van der Waals surface area contributed by atoms with E-state index in [0.717, 1.165) is 11.1 Å². The SMILES string of the molecule is CCOc1cc(/C=N\Nc2nc(-c3ccccc3)c(C(=O)OC)s2)ccc1OC(C)C. The molecular formula is C23H25N3O4S. The van der Waals surface area contributed by atoms with E-state index in [0.29, 0.717) is 33.8 Å². The summed E-state index contributed by atoms with van der Waals surface area (Å²) in [7, 11) is 1.35. The third-order valence-corrected chi connectivity index (χ3v) is 4.99. The van der Waals surface area contributed by atoms with E-state index in [9.17, 15) is 4.79 Å². The number of esters is 1. The first kappa shape index (κ1) is 22.3. The number of thiazole rings is 1. The van der Waals surface area contributed by atoms with Crippen LogP contribution >= 0.6 is 11.3 Å². The number of hydrazone groups is 1. The van der Waals surface area contributed by atoms with Crippen LogP contribution in [0.25, 0.3) is 11.3 Å². The Morgan fingerprint density at radius 2 is 1.97 bits per heavy atom. The monoisotopic (exact) mass is 439 g/mol. The van der Waals surface area contributed by atoms with Gasteiger partial charge in [-0.05, 0) is 44.5 Å². The van der Waals surface area contributed by atoms with Crippen molar-refractivity contribution in [1.82, 2.24) is 4.98 Å². The Morgan fingerprint density at radius 3 is 2.65 bits per heavy atom. The molecule has 7 nitrogen and oxygen atoms in total. The van der Waals surface area contributed by atoms with Gasteiger partial charge in [0.15, 0.2) is 11.5 Å². The second-order valence-electron chi connectivity index (χ2n) is 6.73. The third-order valence-electron chi connectivity index (χ3n) is 4.05. The Labute approximate surface area is 185 Å². The zero-order valence-electron chi connectivity index (χ0n) is 17.9. The fourth-order valence-electron chi connectivity index (χ4n) is 2.78. The van der Waals surface area contributed by atoms with E-state index in [1.807, 2.05) is 69.3 Å². The molecule has 0 fully saturated rings. The summed E-state index contributed by atoms with van der Waals surface area (Å²) >= 11 is 1.19. The second kappa shape index (κ2) is 10.6. The van der Waals surface area contributed by atoms with Gasteiger partial charge < -0.3 is 14.2 Å². The molecule has 2 aromatic carbocycles. The molecule has 0 aliphatic carbocycles. The molecule has 0 saturated heterocycles. The van der Waals surface area contributed by atoms with E-state index in [-0.39, 0.29) is 6.10 Å². The van der Waals surface area contributed by atoms with Gasteiger partial charge in [-0.3, -0.25) is 5.43 Å². The van der Waals surface area contributed by atoms with Crippen molar-refractivity contribution >= 4 is 28.7 Å². The summed E-state index contributed by atoms with van der Waals surface area (Å²) < 4.78 is 16.4. The minimum absolute atomic E-state index is 0.0492. The number of carbonyl (C=O) groups excluding carboxylic acids is 1. The molecule has 0 saturated carbocycles. The molecule has 0 bridgehead atoms. The van der Waals surface area contributed by atoms with Gasteiger partial charge in [0.2, 0.25) is 5.13 Å². The van der Waals surface area contributed by atoms with Crippen molar-refractivity contribution in [3.63, 3.8) is 0 Å². The van der Waals surface area contributed by atoms with Crippen molar-refractivity contribution in [2.75, 3.05) is 19.1 Å². The number of ether oxygens (including phenoxy) is 3. The maximum atomic E-state index is 12.2. The highest BCUT2D eigenvalue weighted by Gasteiger charge is 2.20. The van der Waals surface area contributed by atoms with E-state index >= 15 is 0 Å². The van der Waals surface area contributed by atoms with Gasteiger partial charge in [-0.1, -0.05) is 41.7 Å². The first-order chi connectivity index (χ1) is 15.0. The molecule has 0 atom stereocenters. The average Bonchev–Trinajstić information content (AvgIpc) is 3.19. The van der Waals surface area contributed by atoms with Crippen LogP contribution in [0.2, 0.25) is 0 Å². The standard InChI is InChI=1S/C23H25N3O4S/c1-5-29-19-13-16(11-12-18(19)30-15(2)3)14-24-26-23-25-20(17-9-7-6-8-10-17)21(31-23)22(27)28-4/h6-15H,5H2,1-4H3,(H,25,26)/b24-14-. The summed E-state index contributed by atoms with van der Waals surface area (Å²) in [6.45, 7) is 6.39. The van der Waals surface area contributed by atoms with Crippen LogP contribution in [0.1, 0.15) is 36.0 Å². The van der Waals surface area contributed by atoms with Gasteiger partial charge in [-0.25, -0.2) is 9.78 Å². The van der Waals surface area contributed by atoms with Crippen LogP contribution in [0.5, 0.6) is 11.5 Å². The van der Waals surface area contributed by atoms with Crippen LogP contribution in [-0.2, 0) is 4.74 Å². The lowest BCUT2D eigenvalue weighted by Gasteiger charge is -2.14. The highest BCUT2D eigenvalue weighted by atomic mass is 32.1. The lowest BCUT2D eigenvalue weighted by Crippen LogP contribution is -2.07. The van der Waals surface area contributed by atoms with E-state index in [1.54, 1.807) is 6.21 Å². The molecular weight excluding hydrogens is 414 g/mol. The number of anilines is 1. The van der Waals surface area contributed by atoms with Crippen LogP contribution in [0.4, 0.5) is 5.13 Å². The second-order valence-corrected chi connectivity index (χ2v) is 7.73. The Bertz CT molecular complexity index is 1050. The first-order valence-corrected chi connectivity index (χ1v) is 10.7. The van der Waals surface area contributed by atoms with Crippen molar-refractivity contribution < 1.29 is 19.0 Å². The van der Waals surface area contributed by atoms with Crippen molar-refractivity contribution in [2.24, 2.45) is 5.10 Å². The number of hydrogen-bond acceptors (Lipinski definition) is 8. The van der Waals surface area contributed by atoms with Crippen LogP contribution in [0.3, 0.4) is 0 Å². The Kier molecular flexibility index (Phi) is 7.61. The molecule has 1 aromatic heterocycles. The van der Waals surface area contributed by atoms with Gasteiger partial charge >= 0.3 is 5.97 Å². The predicted molar refractivity (Wildman–Crippen MR) is 123 cm³/mol. The molecule has 0 spiro atoms. The normalized spacial score (nSPS) is 11.0. The summed E-state index contributed by atoms with van der Waals surface area (Å²) in [5.74, 6) is 0.918. The molecule has 3 rings (SSSR count). The Balaban J connectivity index is 1.80. The predicted octanol–water partition coefficient (Wildman–Crippen LogP) is 5.23. The number of rotatable bonds is 9. The minimum Gasteiger partial charge on any atom is -0.490 e. The molecule has 0 amide bonds. The third kappa shape index (κ3) is 5.82. The molecule has 162 valence electrons. The average molecular weight is 440 g/mol. The molecule has 0 radical (unpaired) electrons. The first-order valence-electron chi connectivity index (χ1n) is 9.89. The van der Waals surface area contributed by atoms with E-state index in [1.165, 1.54) is 18.4 Å². The molecule has 31 heavy (non-hydrogen) atoms. The zero-order chi connectivity index (χ0) is 22.2. The van der Waals surface area contributed by atoms with Gasteiger partial charge in [0.1, 0.15) is 4.88 Å². The molecule has 0 unspecified atom stereocenters. The number of nitrogens with zero attached hydrogens (tertiary/aromatic N) is 2. The van der Waals surface area contributed by atoms with Gasteiger partial charge in [0, 0.05) is 5.56 Å². The number of hydrogen-bond donors (Lipinski definition) is 1. The van der Waals surface area contributed by atoms with E-state index < -0.39 is 5.97 Å². The van der Waals surface area contributed by atoms with Crippen molar-refractivity contribution in [3.05, 3.63) is 59.0 Å². The topological polar surface area (TPSA) is 82.0 Å². The maximum absolute atomic E-state index is 12.2. The van der Waals surface area contributed by atoms with Gasteiger partial charge in [0.25, 0.3) is 0 Å². The van der Waals surface area contributed by atoms with Gasteiger partial charge in [-0.15, -0.1) is 0 Å². The lowest BCUT2D eigenvalue weighted by molar-refractivity contribution is 0.0607. The fourth-order valence-corrected chi connectivity index (χ4v) is 3.63. The largest absolute Gasteiger partial charge is 0.490 e. The highest BCUT2D eigenvalue weighted by Crippen LogP contribution is 2.32. The molecule has 0 aliphatic heterocycles. The Hall–Kier alpha value is -3.39. The van der Waals surface area contributed by atoms with Gasteiger partial charge in [0.05, 0.1) is 31.7 Å². The summed E-state index contributed by atoms with van der Waals surface area (Å²) in [6.07, 6.45) is 1.71. The van der Waals surface area contributed by atoms with Crippen LogP contribution in [0, 0.1) is 0 Å². The van der Waals surface area contributed by atoms with Gasteiger partial charge in [-0.2, -0.15) is 5.10 Å². The maximum Gasteiger partial charge on any atom is 0.350 e. The number of aromatic nitrogens is 1. The van der Waals surface area contributed by atoms with Crippen LogP contribution in [-0.4, -0.2) is 37.0 Å². The quantitative estimate of drug-likeness (QED) is 0.279. The minimum atomic E-state index is -0.435. The fraction of sp³-hybridized carbons (Fsp3) is 0.261. The number of benzene rings is 2. The number of nitrogens with one attached hydrogen (secondary N) is 1. The van der Waals surface area contributed by atoms with E-state index in [2.05, 4.69) is 15.5 Å². The summed E-state index contributed by atoms with van der Waals surface area (Å²) in [4.78, 5) is 17.1. The molecule has 1 heterocycles. The van der Waals surface area contributed by atoms with Crippen LogP contribution in [0.15, 0.2) is 53.6 Å².